The zero-order valence-electron chi connectivity index (χ0n) is 15.1. The fourth-order valence-electron chi connectivity index (χ4n) is 4.15. The average Bonchev–Trinajstić information content (AvgIpc) is 3.22. The molecule has 2 nitrogen and oxygen atoms in total. The Kier molecular flexibility index (Phi) is 4.79. The maximum absolute atomic E-state index is 14.9. The first kappa shape index (κ1) is 20.2. The zero-order chi connectivity index (χ0) is 21.2. The second kappa shape index (κ2) is 7.14. The summed E-state index contributed by atoms with van der Waals surface area (Å²) in [6.45, 7) is 0. The topological polar surface area (TPSA) is 12.5 Å². The van der Waals surface area contributed by atoms with Crippen molar-refractivity contribution >= 4 is 44.6 Å². The number of hydrogen-bond donors (Lipinski definition) is 0. The first-order chi connectivity index (χ1) is 14.2. The Morgan fingerprint density at radius 3 is 2.73 bits per heavy atom. The highest BCUT2D eigenvalue weighted by molar-refractivity contribution is 9.10. The highest BCUT2D eigenvalue weighted by atomic mass is 79.9. The number of hydrogen-bond acceptors (Lipinski definition) is 3. The molecule has 2 aliphatic heterocycles. The Labute approximate surface area is 187 Å². The van der Waals surface area contributed by atoms with Crippen LogP contribution in [0.25, 0.3) is 0 Å². The van der Waals surface area contributed by atoms with Crippen molar-refractivity contribution in [2.24, 2.45) is 0 Å². The number of fused-ring (bicyclic) bond motifs is 5. The Hall–Kier alpha value is -1.77. The average molecular weight is 519 g/mol. The van der Waals surface area contributed by atoms with Gasteiger partial charge in [-0.15, -0.1) is 11.3 Å². The monoisotopic (exact) mass is 517 g/mol. The molecule has 3 heterocycles. The van der Waals surface area contributed by atoms with E-state index in [1.54, 1.807) is 12.1 Å². The van der Waals surface area contributed by atoms with Crippen LogP contribution in [0.15, 0.2) is 46.9 Å². The third-order valence-corrected chi connectivity index (χ3v) is 7.08. The standard InChI is InChI=1S/C21H13BrClF4NOS/c22-11-1-3-15-10(5-11)6-16-19-14(24)7-12(23)8-17(19)29-20(28(15)16)18-4-2-13(30-18)9-21(25,26)27/h1-5,7-8,16,20H,6,9H2. The van der Waals surface area contributed by atoms with Crippen LogP contribution in [-0.2, 0) is 12.8 Å². The normalized spacial score (nSPS) is 19.9. The van der Waals surface area contributed by atoms with Gasteiger partial charge in [-0.2, -0.15) is 13.2 Å². The molecule has 2 aromatic carbocycles. The third-order valence-electron chi connectivity index (χ3n) is 5.25. The predicted octanol–water partition coefficient (Wildman–Crippen LogP) is 7.60. The first-order valence-electron chi connectivity index (χ1n) is 9.07. The van der Waals surface area contributed by atoms with Gasteiger partial charge in [-0.25, -0.2) is 4.39 Å². The number of nitrogens with zero attached hydrogens (tertiary/aromatic N) is 1. The van der Waals surface area contributed by atoms with E-state index < -0.39 is 24.6 Å². The van der Waals surface area contributed by atoms with Gasteiger partial charge in [-0.1, -0.05) is 27.5 Å². The number of anilines is 1. The minimum absolute atomic E-state index is 0.205. The van der Waals surface area contributed by atoms with Crippen LogP contribution in [0.3, 0.4) is 0 Å². The summed E-state index contributed by atoms with van der Waals surface area (Å²) >= 11 is 10.6. The molecule has 5 rings (SSSR count). The molecule has 0 saturated heterocycles. The van der Waals surface area contributed by atoms with Crippen molar-refractivity contribution in [3.63, 3.8) is 0 Å². The van der Waals surface area contributed by atoms with Gasteiger partial charge in [0, 0.05) is 20.1 Å². The minimum Gasteiger partial charge on any atom is -0.465 e. The lowest BCUT2D eigenvalue weighted by Gasteiger charge is -2.40. The van der Waals surface area contributed by atoms with Crippen LogP contribution in [0, 0.1) is 5.82 Å². The Balaban J connectivity index is 1.62. The fraction of sp³-hybridized carbons (Fsp3) is 0.238. The van der Waals surface area contributed by atoms with Gasteiger partial charge in [-0.3, -0.25) is 0 Å². The largest absolute Gasteiger partial charge is 0.465 e. The summed E-state index contributed by atoms with van der Waals surface area (Å²) in [5.74, 6) is -0.134. The first-order valence-corrected chi connectivity index (χ1v) is 11.1. The van der Waals surface area contributed by atoms with Crippen molar-refractivity contribution in [1.82, 2.24) is 0 Å². The highest BCUT2D eigenvalue weighted by Gasteiger charge is 2.44. The molecule has 0 spiro atoms. The number of ether oxygens (including phenoxy) is 1. The van der Waals surface area contributed by atoms with Crippen LogP contribution in [-0.4, -0.2) is 6.18 Å². The molecule has 0 N–H and O–H groups in total. The van der Waals surface area contributed by atoms with E-state index in [1.165, 1.54) is 12.1 Å². The van der Waals surface area contributed by atoms with Gasteiger partial charge in [0.05, 0.1) is 22.9 Å². The zero-order valence-corrected chi connectivity index (χ0v) is 18.3. The predicted molar refractivity (Wildman–Crippen MR) is 112 cm³/mol. The van der Waals surface area contributed by atoms with Crippen LogP contribution in [0.2, 0.25) is 5.02 Å². The molecular formula is C21H13BrClF4NOS. The van der Waals surface area contributed by atoms with E-state index in [1.807, 2.05) is 23.1 Å². The molecule has 0 radical (unpaired) electrons. The molecule has 2 atom stereocenters. The van der Waals surface area contributed by atoms with Gasteiger partial charge in [0.15, 0.2) is 0 Å². The second-order valence-electron chi connectivity index (χ2n) is 7.27. The Morgan fingerprint density at radius 2 is 1.97 bits per heavy atom. The Morgan fingerprint density at radius 1 is 1.17 bits per heavy atom. The van der Waals surface area contributed by atoms with Crippen LogP contribution >= 0.6 is 38.9 Å². The quantitative estimate of drug-likeness (QED) is 0.324. The van der Waals surface area contributed by atoms with E-state index in [4.69, 9.17) is 16.3 Å². The lowest BCUT2D eigenvalue weighted by Crippen LogP contribution is -2.37. The number of thiophene rings is 1. The van der Waals surface area contributed by atoms with Gasteiger partial charge in [0.1, 0.15) is 11.6 Å². The highest BCUT2D eigenvalue weighted by Crippen LogP contribution is 2.54. The van der Waals surface area contributed by atoms with Crippen molar-refractivity contribution in [3.05, 3.63) is 78.7 Å². The molecule has 156 valence electrons. The van der Waals surface area contributed by atoms with Gasteiger partial charge >= 0.3 is 6.18 Å². The fourth-order valence-corrected chi connectivity index (χ4v) is 5.83. The van der Waals surface area contributed by atoms with E-state index in [0.717, 1.165) is 27.1 Å². The van der Waals surface area contributed by atoms with E-state index in [-0.39, 0.29) is 15.9 Å². The summed E-state index contributed by atoms with van der Waals surface area (Å²) in [5.41, 5.74) is 2.30. The minimum atomic E-state index is -4.28. The molecular weight excluding hydrogens is 506 g/mol. The van der Waals surface area contributed by atoms with Crippen LogP contribution < -0.4 is 9.64 Å². The van der Waals surface area contributed by atoms with Crippen molar-refractivity contribution < 1.29 is 22.3 Å². The summed E-state index contributed by atoms with van der Waals surface area (Å²) in [7, 11) is 0. The number of alkyl halides is 3. The van der Waals surface area contributed by atoms with E-state index in [9.17, 15) is 17.6 Å². The van der Waals surface area contributed by atoms with E-state index >= 15 is 0 Å². The molecule has 3 aromatic rings. The van der Waals surface area contributed by atoms with Crippen molar-refractivity contribution in [2.45, 2.75) is 31.3 Å². The van der Waals surface area contributed by atoms with Gasteiger partial charge in [0.2, 0.25) is 6.23 Å². The summed E-state index contributed by atoms with van der Waals surface area (Å²) in [5, 5.41) is 0.209. The lowest BCUT2D eigenvalue weighted by molar-refractivity contribution is -0.126. The SMILES string of the molecule is Fc1cc(Cl)cc2c1C1Cc3cc(Br)ccc3N1C(c1ccc(CC(F)(F)F)s1)O2. The van der Waals surface area contributed by atoms with Gasteiger partial charge in [-0.05, 0) is 54.4 Å². The Bertz CT molecular complexity index is 1150. The molecule has 0 saturated carbocycles. The van der Waals surface area contributed by atoms with Crippen LogP contribution in [0.5, 0.6) is 5.75 Å². The molecule has 1 aromatic heterocycles. The number of rotatable bonds is 2. The summed E-state index contributed by atoms with van der Waals surface area (Å²) in [6, 6.07) is 11.4. The van der Waals surface area contributed by atoms with Crippen LogP contribution in [0.1, 0.15) is 33.2 Å². The second-order valence-corrected chi connectivity index (χ2v) is 9.82. The van der Waals surface area contributed by atoms with Gasteiger partial charge < -0.3 is 9.64 Å². The summed E-state index contributed by atoms with van der Waals surface area (Å²) in [6.07, 6.45) is -5.39. The van der Waals surface area contributed by atoms with Crippen molar-refractivity contribution in [3.8, 4) is 5.75 Å². The summed E-state index contributed by atoms with van der Waals surface area (Å²) in [4.78, 5) is 2.78. The molecule has 0 fully saturated rings. The lowest BCUT2D eigenvalue weighted by atomic mass is 9.99. The molecule has 30 heavy (non-hydrogen) atoms. The molecule has 0 bridgehead atoms. The van der Waals surface area contributed by atoms with E-state index in [2.05, 4.69) is 15.9 Å². The number of benzene rings is 2. The smallest absolute Gasteiger partial charge is 0.393 e. The maximum Gasteiger partial charge on any atom is 0.393 e. The molecule has 0 aliphatic carbocycles. The van der Waals surface area contributed by atoms with E-state index in [0.29, 0.717) is 22.6 Å². The number of halogens is 6. The third kappa shape index (κ3) is 3.48. The van der Waals surface area contributed by atoms with Crippen molar-refractivity contribution in [2.75, 3.05) is 4.90 Å². The van der Waals surface area contributed by atoms with Gasteiger partial charge in [0.25, 0.3) is 0 Å². The van der Waals surface area contributed by atoms with Crippen LogP contribution in [0.4, 0.5) is 23.2 Å². The molecule has 9 heteroatoms. The van der Waals surface area contributed by atoms with Crippen molar-refractivity contribution in [1.29, 1.82) is 0 Å². The molecule has 2 unspecified atom stereocenters. The molecule has 0 amide bonds. The maximum atomic E-state index is 14.9. The summed E-state index contributed by atoms with van der Waals surface area (Å²) < 4.78 is 60.4. The molecule has 2 aliphatic rings.